The van der Waals surface area contributed by atoms with Crippen molar-refractivity contribution >= 4 is 23.3 Å². The zero-order valence-electron chi connectivity index (χ0n) is 10.7. The van der Waals surface area contributed by atoms with E-state index in [0.717, 1.165) is 6.07 Å². The van der Waals surface area contributed by atoms with Crippen molar-refractivity contribution in [2.75, 3.05) is 11.9 Å². The van der Waals surface area contributed by atoms with Crippen molar-refractivity contribution in [3.8, 4) is 0 Å². The van der Waals surface area contributed by atoms with Gasteiger partial charge >= 0.3 is 5.97 Å². The number of nitro benzene ring substituents is 1. The van der Waals surface area contributed by atoms with Crippen molar-refractivity contribution in [3.63, 3.8) is 0 Å². The standard InChI is InChI=1S/C12H15N3O5/c13-11(16)3-1-2-6-14-8-4-5-10(15(19)20)9(7-8)12(17)18/h4-5,7,14H,1-3,6H2,(H2,13,16)(H,17,18). The van der Waals surface area contributed by atoms with Crippen LogP contribution in [0.5, 0.6) is 0 Å². The summed E-state index contributed by atoms with van der Waals surface area (Å²) in [5.74, 6) is -1.72. The van der Waals surface area contributed by atoms with Gasteiger partial charge in [0.15, 0.2) is 0 Å². The normalized spacial score (nSPS) is 10.0. The lowest BCUT2D eigenvalue weighted by atomic mass is 10.1. The fourth-order valence-corrected chi connectivity index (χ4v) is 1.63. The molecule has 1 rings (SSSR count). The largest absolute Gasteiger partial charge is 0.477 e. The van der Waals surface area contributed by atoms with Crippen LogP contribution in [0.3, 0.4) is 0 Å². The lowest BCUT2D eigenvalue weighted by molar-refractivity contribution is -0.385. The lowest BCUT2D eigenvalue weighted by Gasteiger charge is -2.07. The Kier molecular flexibility index (Phi) is 5.45. The molecule has 0 aromatic heterocycles. The van der Waals surface area contributed by atoms with Gasteiger partial charge < -0.3 is 16.2 Å². The van der Waals surface area contributed by atoms with Gasteiger partial charge in [-0.05, 0) is 25.0 Å². The number of hydrogen-bond donors (Lipinski definition) is 3. The fourth-order valence-electron chi connectivity index (χ4n) is 1.63. The molecule has 0 saturated carbocycles. The highest BCUT2D eigenvalue weighted by atomic mass is 16.6. The van der Waals surface area contributed by atoms with Crippen molar-refractivity contribution in [1.82, 2.24) is 0 Å². The Morgan fingerprint density at radius 3 is 2.60 bits per heavy atom. The van der Waals surface area contributed by atoms with Gasteiger partial charge in [0.05, 0.1) is 4.92 Å². The minimum absolute atomic E-state index is 0.294. The van der Waals surface area contributed by atoms with Crippen LogP contribution in [0, 0.1) is 10.1 Å². The van der Waals surface area contributed by atoms with Crippen molar-refractivity contribution in [1.29, 1.82) is 0 Å². The summed E-state index contributed by atoms with van der Waals surface area (Å²) >= 11 is 0. The van der Waals surface area contributed by atoms with Crippen LogP contribution in [0.1, 0.15) is 29.6 Å². The van der Waals surface area contributed by atoms with Gasteiger partial charge in [0.2, 0.25) is 5.91 Å². The maximum atomic E-state index is 10.9. The van der Waals surface area contributed by atoms with E-state index in [2.05, 4.69) is 5.32 Å². The van der Waals surface area contributed by atoms with E-state index in [-0.39, 0.29) is 11.5 Å². The zero-order chi connectivity index (χ0) is 15.1. The summed E-state index contributed by atoms with van der Waals surface area (Å²) in [6.45, 7) is 0.518. The quantitative estimate of drug-likeness (QED) is 0.374. The summed E-state index contributed by atoms with van der Waals surface area (Å²) in [4.78, 5) is 31.4. The van der Waals surface area contributed by atoms with Crippen LogP contribution >= 0.6 is 0 Å². The second-order valence-corrected chi connectivity index (χ2v) is 4.14. The third-order valence-electron chi connectivity index (χ3n) is 2.60. The van der Waals surface area contributed by atoms with Crippen LogP contribution in [-0.2, 0) is 4.79 Å². The summed E-state index contributed by atoms with van der Waals surface area (Å²) in [7, 11) is 0. The molecule has 0 saturated heterocycles. The Hall–Kier alpha value is -2.64. The highest BCUT2D eigenvalue weighted by molar-refractivity contribution is 5.93. The molecule has 0 atom stereocenters. The summed E-state index contributed by atoms with van der Waals surface area (Å²) < 4.78 is 0. The van der Waals surface area contributed by atoms with Gasteiger partial charge in [-0.15, -0.1) is 0 Å². The number of nitro groups is 1. The molecule has 108 valence electrons. The number of aromatic carboxylic acids is 1. The van der Waals surface area contributed by atoms with Gasteiger partial charge in [-0.3, -0.25) is 14.9 Å². The Bertz CT molecular complexity index is 530. The van der Waals surface area contributed by atoms with Gasteiger partial charge in [0.25, 0.3) is 5.69 Å². The Morgan fingerprint density at radius 1 is 1.35 bits per heavy atom. The predicted octanol–water partition coefficient (Wildman–Crippen LogP) is 1.36. The van der Waals surface area contributed by atoms with Crippen LogP contribution in [0.4, 0.5) is 11.4 Å². The molecule has 8 nitrogen and oxygen atoms in total. The number of carbonyl (C=O) groups excluding carboxylic acids is 1. The minimum atomic E-state index is -1.35. The third-order valence-corrected chi connectivity index (χ3v) is 2.60. The van der Waals surface area contributed by atoms with Crippen LogP contribution in [0.2, 0.25) is 0 Å². The average Bonchev–Trinajstić information content (AvgIpc) is 2.37. The van der Waals surface area contributed by atoms with Crippen molar-refractivity contribution in [2.24, 2.45) is 5.73 Å². The molecule has 0 heterocycles. The van der Waals surface area contributed by atoms with Crippen molar-refractivity contribution in [3.05, 3.63) is 33.9 Å². The molecule has 1 aromatic carbocycles. The van der Waals surface area contributed by atoms with Crippen molar-refractivity contribution < 1.29 is 19.6 Å². The van der Waals surface area contributed by atoms with E-state index in [4.69, 9.17) is 10.8 Å². The third kappa shape index (κ3) is 4.56. The van der Waals surface area contributed by atoms with Crippen LogP contribution < -0.4 is 11.1 Å². The molecule has 20 heavy (non-hydrogen) atoms. The Balaban J connectivity index is 2.64. The van der Waals surface area contributed by atoms with E-state index in [9.17, 15) is 19.7 Å². The van der Waals surface area contributed by atoms with Crippen molar-refractivity contribution in [2.45, 2.75) is 19.3 Å². The molecule has 0 fully saturated rings. The maximum absolute atomic E-state index is 10.9. The molecule has 0 aliphatic rings. The number of anilines is 1. The Morgan fingerprint density at radius 2 is 2.05 bits per heavy atom. The molecule has 1 amide bonds. The van der Waals surface area contributed by atoms with E-state index < -0.39 is 16.6 Å². The number of rotatable bonds is 8. The first-order valence-corrected chi connectivity index (χ1v) is 5.95. The zero-order valence-corrected chi connectivity index (χ0v) is 10.7. The molecule has 0 unspecified atom stereocenters. The fraction of sp³-hybridized carbons (Fsp3) is 0.333. The topological polar surface area (TPSA) is 136 Å². The number of carboxylic acids is 1. The van der Waals surface area contributed by atoms with E-state index in [1.54, 1.807) is 0 Å². The number of benzene rings is 1. The lowest BCUT2D eigenvalue weighted by Crippen LogP contribution is -2.11. The molecule has 4 N–H and O–H groups in total. The molecule has 0 radical (unpaired) electrons. The first-order chi connectivity index (χ1) is 9.41. The maximum Gasteiger partial charge on any atom is 0.342 e. The SMILES string of the molecule is NC(=O)CCCCNc1ccc([N+](=O)[O-])c(C(=O)O)c1. The van der Waals surface area contributed by atoms with Crippen LogP contribution in [0.15, 0.2) is 18.2 Å². The van der Waals surface area contributed by atoms with Gasteiger partial charge in [-0.25, -0.2) is 4.79 Å². The highest BCUT2D eigenvalue weighted by Crippen LogP contribution is 2.22. The number of carbonyl (C=O) groups is 2. The molecule has 0 aliphatic heterocycles. The molecule has 8 heteroatoms. The molecule has 0 aliphatic carbocycles. The second-order valence-electron chi connectivity index (χ2n) is 4.14. The van der Waals surface area contributed by atoms with Crippen LogP contribution in [-0.4, -0.2) is 28.5 Å². The van der Waals surface area contributed by atoms with E-state index in [0.29, 0.717) is 31.5 Å². The van der Waals surface area contributed by atoms with Gasteiger partial charge in [0.1, 0.15) is 5.56 Å². The number of carboxylic acid groups (broad SMARTS) is 1. The van der Waals surface area contributed by atoms with E-state index >= 15 is 0 Å². The minimum Gasteiger partial charge on any atom is -0.477 e. The van der Waals surface area contributed by atoms with Gasteiger partial charge in [-0.2, -0.15) is 0 Å². The molecule has 0 bridgehead atoms. The smallest absolute Gasteiger partial charge is 0.342 e. The number of primary amides is 1. The highest BCUT2D eigenvalue weighted by Gasteiger charge is 2.19. The summed E-state index contributed by atoms with van der Waals surface area (Å²) in [5, 5.41) is 22.5. The molecule has 0 spiro atoms. The number of nitrogens with zero attached hydrogens (tertiary/aromatic N) is 1. The molecular formula is C12H15N3O5. The average molecular weight is 281 g/mol. The number of unbranched alkanes of at least 4 members (excludes halogenated alkanes) is 1. The van der Waals surface area contributed by atoms with Gasteiger partial charge in [0, 0.05) is 24.7 Å². The monoisotopic (exact) mass is 281 g/mol. The van der Waals surface area contributed by atoms with E-state index in [1.165, 1.54) is 12.1 Å². The first kappa shape index (κ1) is 15.4. The molecular weight excluding hydrogens is 266 g/mol. The summed E-state index contributed by atoms with van der Waals surface area (Å²) in [6.07, 6.45) is 1.60. The number of hydrogen-bond acceptors (Lipinski definition) is 5. The predicted molar refractivity (Wildman–Crippen MR) is 71.6 cm³/mol. The Labute approximate surface area is 114 Å². The first-order valence-electron chi connectivity index (χ1n) is 5.95. The number of nitrogens with two attached hydrogens (primary N) is 1. The van der Waals surface area contributed by atoms with E-state index in [1.807, 2.05) is 0 Å². The summed E-state index contributed by atoms with van der Waals surface area (Å²) in [6, 6.07) is 3.81. The molecule has 1 aromatic rings. The van der Waals surface area contributed by atoms with Gasteiger partial charge in [-0.1, -0.05) is 0 Å². The number of amides is 1. The summed E-state index contributed by atoms with van der Waals surface area (Å²) in [5.41, 5.74) is 4.66. The number of nitrogens with one attached hydrogen (secondary N) is 1. The second kappa shape index (κ2) is 7.07. The van der Waals surface area contributed by atoms with Crippen LogP contribution in [0.25, 0.3) is 0 Å².